The molecule has 1 heterocycles. The molecule has 0 aromatic heterocycles. The average molecular weight is 534 g/mol. The van der Waals surface area contributed by atoms with Gasteiger partial charge in [0.2, 0.25) is 0 Å². The molecule has 0 aliphatic carbocycles. The van der Waals surface area contributed by atoms with Gasteiger partial charge in [-0.1, -0.05) is 17.7 Å². The number of urea groups is 1. The summed E-state index contributed by atoms with van der Waals surface area (Å²) in [4.78, 5) is 37.1. The number of carbonyl (C=O) groups is 2. The summed E-state index contributed by atoms with van der Waals surface area (Å²) in [6.45, 7) is 6.18. The van der Waals surface area contributed by atoms with Crippen molar-refractivity contribution < 1.29 is 24.0 Å². The van der Waals surface area contributed by atoms with Crippen molar-refractivity contribution in [3.8, 4) is 11.5 Å². The Hall–Kier alpha value is -4.63. The lowest BCUT2D eigenvalue weighted by atomic mass is 10.0. The number of imide groups is 1. The van der Waals surface area contributed by atoms with Gasteiger partial charge in [-0.3, -0.25) is 14.9 Å². The van der Waals surface area contributed by atoms with E-state index in [1.54, 1.807) is 54.6 Å². The second-order valence-corrected chi connectivity index (χ2v) is 8.69. The number of benzene rings is 3. The van der Waals surface area contributed by atoms with E-state index >= 15 is 0 Å². The van der Waals surface area contributed by atoms with Gasteiger partial charge in [0.25, 0.3) is 11.6 Å². The Morgan fingerprint density at radius 3 is 2.42 bits per heavy atom. The normalized spacial score (nSPS) is 13.9. The maximum atomic E-state index is 13.0. The number of hydrogen-bond donors (Lipinski definition) is 1. The fourth-order valence-corrected chi connectivity index (χ4v) is 4.02. The number of anilines is 1. The van der Waals surface area contributed by atoms with Gasteiger partial charge in [-0.05, 0) is 79.1 Å². The van der Waals surface area contributed by atoms with E-state index in [4.69, 9.17) is 21.1 Å². The first kappa shape index (κ1) is 26.4. The number of nitro groups is 1. The Bertz CT molecular complexity index is 1420. The van der Waals surface area contributed by atoms with Crippen LogP contribution in [0.2, 0.25) is 5.02 Å². The van der Waals surface area contributed by atoms with Crippen LogP contribution < -0.4 is 19.7 Å². The molecule has 194 valence electrons. The lowest BCUT2D eigenvalue weighted by molar-refractivity contribution is -0.384. The first-order valence-electron chi connectivity index (χ1n) is 11.7. The number of allylic oxidation sites excluding steroid dienone is 1. The Morgan fingerprint density at radius 2 is 1.79 bits per heavy atom. The Labute approximate surface area is 224 Å². The van der Waals surface area contributed by atoms with Gasteiger partial charge in [0.05, 0.1) is 17.2 Å². The van der Waals surface area contributed by atoms with Crippen molar-refractivity contribution in [1.82, 2.24) is 5.32 Å². The molecule has 9 nitrogen and oxygen atoms in total. The van der Waals surface area contributed by atoms with Crippen LogP contribution in [0, 0.1) is 10.1 Å². The van der Waals surface area contributed by atoms with Gasteiger partial charge >= 0.3 is 6.03 Å². The van der Waals surface area contributed by atoms with Crippen LogP contribution in [-0.4, -0.2) is 23.5 Å². The number of carbonyl (C=O) groups excluding carboxylic acids is 2. The molecule has 0 saturated carbocycles. The van der Waals surface area contributed by atoms with Crippen LogP contribution in [0.5, 0.6) is 11.5 Å². The number of nitro benzene ring substituents is 1. The van der Waals surface area contributed by atoms with Crippen molar-refractivity contribution in [2.75, 3.05) is 11.5 Å². The van der Waals surface area contributed by atoms with Crippen molar-refractivity contribution >= 4 is 41.0 Å². The van der Waals surface area contributed by atoms with E-state index in [0.29, 0.717) is 40.8 Å². The fourth-order valence-electron chi connectivity index (χ4n) is 3.90. The maximum absolute atomic E-state index is 13.0. The summed E-state index contributed by atoms with van der Waals surface area (Å²) in [5.41, 5.74) is 2.63. The number of rotatable bonds is 10. The van der Waals surface area contributed by atoms with Crippen LogP contribution in [0.4, 0.5) is 16.2 Å². The first-order valence-corrected chi connectivity index (χ1v) is 12.1. The molecule has 0 atom stereocenters. The molecular weight excluding hydrogens is 510 g/mol. The van der Waals surface area contributed by atoms with Gasteiger partial charge in [-0.15, -0.1) is 6.58 Å². The minimum atomic E-state index is -0.567. The molecule has 0 radical (unpaired) electrons. The van der Waals surface area contributed by atoms with Gasteiger partial charge in [0.15, 0.2) is 11.5 Å². The third-order valence-corrected chi connectivity index (χ3v) is 5.87. The standard InChI is InChI=1S/C28H24ClN3O6/c1-3-5-20-14-19(15-24-27(33)31(28(34)30-24)22-12-8-21(29)9-13-22)16-25(37-4-2)26(20)38-17-18-6-10-23(11-7-18)32(35)36/h3,6-16H,1,4-5,17H2,2H3,(H,30,34)/b24-15+. The number of amides is 3. The molecule has 1 N–H and O–H groups in total. The molecule has 0 bridgehead atoms. The largest absolute Gasteiger partial charge is 0.490 e. The zero-order valence-corrected chi connectivity index (χ0v) is 21.2. The van der Waals surface area contributed by atoms with Gasteiger partial charge in [-0.25, -0.2) is 9.69 Å². The predicted octanol–water partition coefficient (Wildman–Crippen LogP) is 6.05. The summed E-state index contributed by atoms with van der Waals surface area (Å²) in [5, 5.41) is 14.0. The predicted molar refractivity (Wildman–Crippen MR) is 144 cm³/mol. The molecule has 1 aliphatic rings. The summed E-state index contributed by atoms with van der Waals surface area (Å²) in [7, 11) is 0. The van der Waals surface area contributed by atoms with Gasteiger partial charge < -0.3 is 14.8 Å². The van der Waals surface area contributed by atoms with Crippen LogP contribution in [0.25, 0.3) is 6.08 Å². The van der Waals surface area contributed by atoms with Crippen LogP contribution in [0.1, 0.15) is 23.6 Å². The molecule has 3 aromatic carbocycles. The maximum Gasteiger partial charge on any atom is 0.333 e. The number of nitrogens with zero attached hydrogens (tertiary/aromatic N) is 2. The van der Waals surface area contributed by atoms with E-state index in [0.717, 1.165) is 16.0 Å². The van der Waals surface area contributed by atoms with Crippen LogP contribution >= 0.6 is 11.6 Å². The molecule has 1 saturated heterocycles. The Kier molecular flexibility index (Phi) is 8.08. The molecule has 0 spiro atoms. The van der Waals surface area contributed by atoms with Crippen molar-refractivity contribution in [2.45, 2.75) is 20.0 Å². The summed E-state index contributed by atoms with van der Waals surface area (Å²) in [6, 6.07) is 15.5. The molecule has 3 aromatic rings. The number of hydrogen-bond acceptors (Lipinski definition) is 6. The first-order chi connectivity index (χ1) is 18.3. The second kappa shape index (κ2) is 11.6. The lowest BCUT2D eigenvalue weighted by Gasteiger charge is -2.17. The van der Waals surface area contributed by atoms with E-state index < -0.39 is 16.9 Å². The van der Waals surface area contributed by atoms with Gasteiger partial charge in [0.1, 0.15) is 12.3 Å². The average Bonchev–Trinajstić information content (AvgIpc) is 3.17. The molecular formula is C28H24ClN3O6. The smallest absolute Gasteiger partial charge is 0.333 e. The Morgan fingerprint density at radius 1 is 1.08 bits per heavy atom. The zero-order chi connectivity index (χ0) is 27.2. The van der Waals surface area contributed by atoms with E-state index in [2.05, 4.69) is 11.9 Å². The quantitative estimate of drug-likeness (QED) is 0.112. The van der Waals surface area contributed by atoms with Crippen LogP contribution in [0.3, 0.4) is 0 Å². The second-order valence-electron chi connectivity index (χ2n) is 8.25. The molecule has 10 heteroatoms. The Balaban J connectivity index is 1.63. The van der Waals surface area contributed by atoms with Gasteiger partial charge in [-0.2, -0.15) is 0 Å². The highest BCUT2D eigenvalue weighted by Gasteiger charge is 2.35. The van der Waals surface area contributed by atoms with E-state index in [-0.39, 0.29) is 18.0 Å². The highest BCUT2D eigenvalue weighted by molar-refractivity contribution is 6.31. The highest BCUT2D eigenvalue weighted by atomic mass is 35.5. The van der Waals surface area contributed by atoms with E-state index in [1.165, 1.54) is 12.1 Å². The van der Waals surface area contributed by atoms with Gasteiger partial charge in [0, 0.05) is 22.7 Å². The minimum absolute atomic E-state index is 0.00308. The topological polar surface area (TPSA) is 111 Å². The monoisotopic (exact) mass is 533 g/mol. The number of non-ortho nitro benzene ring substituents is 1. The summed E-state index contributed by atoms with van der Waals surface area (Å²) < 4.78 is 11.9. The fraction of sp³-hybridized carbons (Fsp3) is 0.143. The van der Waals surface area contributed by atoms with Crippen molar-refractivity contribution in [3.63, 3.8) is 0 Å². The number of halogens is 1. The molecule has 1 fully saturated rings. The van der Waals surface area contributed by atoms with Crippen LogP contribution in [-0.2, 0) is 17.8 Å². The van der Waals surface area contributed by atoms with E-state index in [1.807, 2.05) is 13.0 Å². The summed E-state index contributed by atoms with van der Waals surface area (Å²) in [6.07, 6.45) is 3.74. The molecule has 38 heavy (non-hydrogen) atoms. The number of nitrogens with one attached hydrogen (secondary N) is 1. The third kappa shape index (κ3) is 5.84. The number of ether oxygens (including phenoxy) is 2. The molecule has 4 rings (SSSR count). The zero-order valence-electron chi connectivity index (χ0n) is 20.5. The molecule has 3 amide bonds. The minimum Gasteiger partial charge on any atom is -0.490 e. The summed E-state index contributed by atoms with van der Waals surface area (Å²) in [5.74, 6) is 0.447. The van der Waals surface area contributed by atoms with Crippen molar-refractivity contribution in [3.05, 3.63) is 111 Å². The SMILES string of the molecule is C=CCc1cc(/C=C2/NC(=O)N(c3ccc(Cl)cc3)C2=O)cc(OCC)c1OCc1ccc([N+](=O)[O-])cc1. The van der Waals surface area contributed by atoms with Crippen molar-refractivity contribution in [1.29, 1.82) is 0 Å². The third-order valence-electron chi connectivity index (χ3n) is 5.62. The highest BCUT2D eigenvalue weighted by Crippen LogP contribution is 2.36. The van der Waals surface area contributed by atoms with E-state index in [9.17, 15) is 19.7 Å². The summed E-state index contributed by atoms with van der Waals surface area (Å²) >= 11 is 5.93. The molecule has 0 unspecified atom stereocenters. The van der Waals surface area contributed by atoms with Crippen molar-refractivity contribution in [2.24, 2.45) is 0 Å². The van der Waals surface area contributed by atoms with Crippen LogP contribution in [0.15, 0.2) is 79.0 Å². The lowest BCUT2D eigenvalue weighted by Crippen LogP contribution is -2.30. The molecule has 1 aliphatic heterocycles.